The molecule has 0 saturated carbocycles. The summed E-state index contributed by atoms with van der Waals surface area (Å²) in [5.74, 6) is -1.41. The number of aliphatic carboxylic acids is 1. The average Bonchev–Trinajstić information content (AvgIpc) is 2.84. The molecule has 1 aliphatic heterocycles. The highest BCUT2D eigenvalue weighted by Crippen LogP contribution is 2.33. The first kappa shape index (κ1) is 11.6. The molecule has 0 bridgehead atoms. The van der Waals surface area contributed by atoms with Crippen LogP contribution in [0.5, 0.6) is 0 Å². The number of carboxylic acids is 1. The summed E-state index contributed by atoms with van der Waals surface area (Å²) < 4.78 is 11.1. The SMILES string of the molecule is CC1(c2csc(CCC(=O)O)c2)OCCO1. The highest BCUT2D eigenvalue weighted by molar-refractivity contribution is 7.10. The fraction of sp³-hybridized carbons (Fsp3) is 0.545. The van der Waals surface area contributed by atoms with Crippen molar-refractivity contribution in [3.05, 3.63) is 21.9 Å². The Morgan fingerprint density at radius 1 is 1.56 bits per heavy atom. The van der Waals surface area contributed by atoms with Crippen molar-refractivity contribution in [2.45, 2.75) is 25.6 Å². The van der Waals surface area contributed by atoms with Gasteiger partial charge in [0.2, 0.25) is 0 Å². The van der Waals surface area contributed by atoms with Crippen molar-refractivity contribution in [1.82, 2.24) is 0 Å². The summed E-state index contributed by atoms with van der Waals surface area (Å²) in [7, 11) is 0. The first-order chi connectivity index (χ1) is 7.60. The molecular formula is C11H14O4S. The van der Waals surface area contributed by atoms with Gasteiger partial charge in [-0.2, -0.15) is 0 Å². The molecule has 0 unspecified atom stereocenters. The highest BCUT2D eigenvalue weighted by atomic mass is 32.1. The normalized spacial score (nSPS) is 18.8. The number of thiophene rings is 1. The van der Waals surface area contributed by atoms with Gasteiger partial charge in [-0.05, 0) is 24.8 Å². The molecule has 1 fully saturated rings. The Bertz CT molecular complexity index is 379. The van der Waals surface area contributed by atoms with Crippen molar-refractivity contribution >= 4 is 17.3 Å². The standard InChI is InChI=1S/C11H14O4S/c1-11(14-4-5-15-11)8-6-9(16-7-8)2-3-10(12)13/h6-7H,2-5H2,1H3,(H,12,13). The summed E-state index contributed by atoms with van der Waals surface area (Å²) in [5.41, 5.74) is 0.982. The average molecular weight is 242 g/mol. The van der Waals surface area contributed by atoms with Gasteiger partial charge in [0, 0.05) is 10.4 Å². The first-order valence-corrected chi connectivity index (χ1v) is 6.06. The maximum Gasteiger partial charge on any atom is 0.303 e. The van der Waals surface area contributed by atoms with Crippen LogP contribution >= 0.6 is 11.3 Å². The van der Waals surface area contributed by atoms with Crippen LogP contribution in [0.3, 0.4) is 0 Å². The summed E-state index contributed by atoms with van der Waals surface area (Å²) in [4.78, 5) is 11.5. The van der Waals surface area contributed by atoms with Gasteiger partial charge in [-0.25, -0.2) is 0 Å². The quantitative estimate of drug-likeness (QED) is 0.877. The third kappa shape index (κ3) is 2.42. The van der Waals surface area contributed by atoms with Crippen LogP contribution in [0.2, 0.25) is 0 Å². The molecule has 5 heteroatoms. The Hall–Kier alpha value is -0.910. The molecule has 2 heterocycles. The Kier molecular flexibility index (Phi) is 3.28. The molecule has 0 atom stereocenters. The molecule has 1 aromatic heterocycles. The number of carboxylic acid groups (broad SMARTS) is 1. The van der Waals surface area contributed by atoms with E-state index in [1.54, 1.807) is 11.3 Å². The van der Waals surface area contributed by atoms with Crippen molar-refractivity contribution in [3.8, 4) is 0 Å². The van der Waals surface area contributed by atoms with Gasteiger partial charge in [-0.15, -0.1) is 11.3 Å². The Labute approximate surface area is 97.8 Å². The van der Waals surface area contributed by atoms with Gasteiger partial charge in [0.05, 0.1) is 19.6 Å². The molecule has 1 N–H and O–H groups in total. The molecular weight excluding hydrogens is 228 g/mol. The number of carbonyl (C=O) groups is 1. The van der Waals surface area contributed by atoms with Gasteiger partial charge in [0.15, 0.2) is 5.79 Å². The van der Waals surface area contributed by atoms with Gasteiger partial charge in [-0.1, -0.05) is 0 Å². The lowest BCUT2D eigenvalue weighted by atomic mass is 10.1. The third-order valence-corrected chi connectivity index (χ3v) is 3.60. The zero-order chi connectivity index (χ0) is 11.6. The van der Waals surface area contributed by atoms with Gasteiger partial charge in [-0.3, -0.25) is 4.79 Å². The fourth-order valence-electron chi connectivity index (χ4n) is 1.66. The van der Waals surface area contributed by atoms with E-state index in [1.807, 2.05) is 18.4 Å². The van der Waals surface area contributed by atoms with Crippen molar-refractivity contribution < 1.29 is 19.4 Å². The maximum atomic E-state index is 10.5. The minimum atomic E-state index is -0.769. The molecule has 0 radical (unpaired) electrons. The second-order valence-electron chi connectivity index (χ2n) is 3.84. The second kappa shape index (κ2) is 4.53. The summed E-state index contributed by atoms with van der Waals surface area (Å²) in [6.45, 7) is 3.11. The van der Waals surface area contributed by atoms with Crippen LogP contribution in [0.1, 0.15) is 23.8 Å². The molecule has 4 nitrogen and oxygen atoms in total. The van der Waals surface area contributed by atoms with E-state index < -0.39 is 11.8 Å². The second-order valence-corrected chi connectivity index (χ2v) is 4.83. The predicted octanol–water partition coefficient (Wildman–Crippen LogP) is 1.98. The number of hydrogen-bond acceptors (Lipinski definition) is 4. The smallest absolute Gasteiger partial charge is 0.303 e. The van der Waals surface area contributed by atoms with Crippen molar-refractivity contribution in [2.75, 3.05) is 13.2 Å². The van der Waals surface area contributed by atoms with Crippen LogP contribution in [0.25, 0.3) is 0 Å². The monoisotopic (exact) mass is 242 g/mol. The zero-order valence-electron chi connectivity index (χ0n) is 9.06. The fourth-order valence-corrected chi connectivity index (χ4v) is 2.64. The number of hydrogen-bond donors (Lipinski definition) is 1. The minimum absolute atomic E-state index is 0.165. The highest BCUT2D eigenvalue weighted by Gasteiger charge is 2.33. The predicted molar refractivity (Wildman–Crippen MR) is 59.5 cm³/mol. The number of aryl methyl sites for hydroxylation is 1. The van der Waals surface area contributed by atoms with Gasteiger partial charge < -0.3 is 14.6 Å². The molecule has 0 amide bonds. The molecule has 0 spiro atoms. The summed E-state index contributed by atoms with van der Waals surface area (Å²) in [5, 5.41) is 10.6. The lowest BCUT2D eigenvalue weighted by molar-refractivity contribution is -0.149. The lowest BCUT2D eigenvalue weighted by Gasteiger charge is -2.20. The molecule has 1 aliphatic rings. The summed E-state index contributed by atoms with van der Waals surface area (Å²) in [6.07, 6.45) is 0.731. The summed E-state index contributed by atoms with van der Waals surface area (Å²) >= 11 is 1.55. The van der Waals surface area contributed by atoms with E-state index in [4.69, 9.17) is 14.6 Å². The zero-order valence-corrected chi connectivity index (χ0v) is 9.88. The molecule has 88 valence electrons. The van der Waals surface area contributed by atoms with E-state index in [1.165, 1.54) is 0 Å². The van der Waals surface area contributed by atoms with Crippen molar-refractivity contribution in [3.63, 3.8) is 0 Å². The summed E-state index contributed by atoms with van der Waals surface area (Å²) in [6, 6.07) is 1.97. The van der Waals surface area contributed by atoms with E-state index in [2.05, 4.69) is 0 Å². The largest absolute Gasteiger partial charge is 0.481 e. The number of rotatable bonds is 4. The van der Waals surface area contributed by atoms with Gasteiger partial charge >= 0.3 is 5.97 Å². The molecule has 16 heavy (non-hydrogen) atoms. The lowest BCUT2D eigenvalue weighted by Crippen LogP contribution is -2.21. The minimum Gasteiger partial charge on any atom is -0.481 e. The molecule has 0 aromatic carbocycles. The van der Waals surface area contributed by atoms with Crippen LogP contribution in [0.4, 0.5) is 0 Å². The molecule has 1 aromatic rings. The van der Waals surface area contributed by atoms with E-state index in [9.17, 15) is 4.79 Å². The van der Waals surface area contributed by atoms with Crippen LogP contribution in [-0.4, -0.2) is 24.3 Å². The van der Waals surface area contributed by atoms with Crippen LogP contribution in [-0.2, 0) is 26.5 Å². The molecule has 2 rings (SSSR count). The van der Waals surface area contributed by atoms with Gasteiger partial charge in [0.25, 0.3) is 0 Å². The Balaban J connectivity index is 2.04. The van der Waals surface area contributed by atoms with Crippen molar-refractivity contribution in [1.29, 1.82) is 0 Å². The van der Waals surface area contributed by atoms with Crippen molar-refractivity contribution in [2.24, 2.45) is 0 Å². The molecule has 0 aliphatic carbocycles. The topological polar surface area (TPSA) is 55.8 Å². The first-order valence-electron chi connectivity index (χ1n) is 5.18. The Morgan fingerprint density at radius 2 is 2.25 bits per heavy atom. The molecule has 1 saturated heterocycles. The van der Waals surface area contributed by atoms with Crippen LogP contribution in [0.15, 0.2) is 11.4 Å². The van der Waals surface area contributed by atoms with Crippen LogP contribution < -0.4 is 0 Å². The van der Waals surface area contributed by atoms with E-state index in [0.717, 1.165) is 10.4 Å². The van der Waals surface area contributed by atoms with E-state index in [-0.39, 0.29) is 6.42 Å². The van der Waals surface area contributed by atoms with Gasteiger partial charge in [0.1, 0.15) is 0 Å². The van der Waals surface area contributed by atoms with E-state index >= 15 is 0 Å². The number of ether oxygens (including phenoxy) is 2. The Morgan fingerprint density at radius 3 is 2.88 bits per heavy atom. The maximum absolute atomic E-state index is 10.5. The van der Waals surface area contributed by atoms with E-state index in [0.29, 0.717) is 19.6 Å². The van der Waals surface area contributed by atoms with Crippen LogP contribution in [0, 0.1) is 0 Å². The third-order valence-electron chi connectivity index (χ3n) is 2.60.